The topological polar surface area (TPSA) is 71.4 Å². The van der Waals surface area contributed by atoms with Crippen molar-refractivity contribution >= 4 is 31.7 Å². The van der Waals surface area contributed by atoms with E-state index in [2.05, 4.69) is 27.8 Å². The van der Waals surface area contributed by atoms with Crippen molar-refractivity contribution in [1.82, 2.24) is 0 Å². The van der Waals surface area contributed by atoms with E-state index in [4.69, 9.17) is 5.11 Å². The van der Waals surface area contributed by atoms with Gasteiger partial charge in [0.1, 0.15) is 10.6 Å². The van der Waals surface area contributed by atoms with Gasteiger partial charge in [0.05, 0.1) is 5.56 Å². The zero-order chi connectivity index (χ0) is 13.9. The van der Waals surface area contributed by atoms with Gasteiger partial charge in [0.25, 0.3) is 0 Å². The molecule has 1 aromatic carbocycles. The number of hydrogen-bond acceptors (Lipinski definition) is 3. The molecule has 1 rings (SSSR count). The highest BCUT2D eigenvalue weighted by atomic mass is 79.9. The average Bonchev–Trinajstić information content (AvgIpc) is 2.28. The molecule has 0 fully saturated rings. The fraction of sp³-hybridized carbons (Fsp3) is 0.182. The fourth-order valence-electron chi connectivity index (χ4n) is 1.19. The van der Waals surface area contributed by atoms with Crippen molar-refractivity contribution in [2.45, 2.75) is 11.8 Å². The lowest BCUT2D eigenvalue weighted by molar-refractivity contribution is 0.0691. The van der Waals surface area contributed by atoms with E-state index in [0.29, 0.717) is 0 Å². The molecule has 1 N–H and O–H groups in total. The summed E-state index contributed by atoms with van der Waals surface area (Å²) in [5.74, 6) is 1.33. The maximum absolute atomic E-state index is 13.8. The Hall–Kier alpha value is -1.39. The van der Waals surface area contributed by atoms with Crippen molar-refractivity contribution in [3.05, 3.63) is 28.0 Å². The molecule has 0 aliphatic rings. The molecule has 0 spiro atoms. The zero-order valence-electron chi connectivity index (χ0n) is 9.20. The summed E-state index contributed by atoms with van der Waals surface area (Å²) in [5, 5.41) is 8.77. The van der Waals surface area contributed by atoms with Crippen LogP contribution in [0.1, 0.15) is 17.3 Å². The van der Waals surface area contributed by atoms with Crippen LogP contribution < -0.4 is 0 Å². The molecule has 0 aliphatic carbocycles. The Bertz CT molecular complexity index is 656. The van der Waals surface area contributed by atoms with Crippen LogP contribution in [0.2, 0.25) is 0 Å². The number of carboxylic acid groups (broad SMARTS) is 1. The Morgan fingerprint density at radius 2 is 2.11 bits per heavy atom. The number of carboxylic acids is 1. The van der Waals surface area contributed by atoms with Gasteiger partial charge in [-0.3, -0.25) is 0 Å². The zero-order valence-corrected chi connectivity index (χ0v) is 11.6. The van der Waals surface area contributed by atoms with E-state index >= 15 is 0 Å². The van der Waals surface area contributed by atoms with Gasteiger partial charge in [0.2, 0.25) is 0 Å². The van der Waals surface area contributed by atoms with E-state index in [1.165, 1.54) is 6.92 Å². The molecule has 96 valence electrons. The minimum absolute atomic E-state index is 0.171. The third kappa shape index (κ3) is 3.09. The second-order valence-corrected chi connectivity index (χ2v) is 6.13. The second kappa shape index (κ2) is 5.50. The first-order valence-corrected chi connectivity index (χ1v) is 7.09. The summed E-state index contributed by atoms with van der Waals surface area (Å²) in [6, 6.07) is 2.02. The van der Waals surface area contributed by atoms with Crippen molar-refractivity contribution in [1.29, 1.82) is 0 Å². The van der Waals surface area contributed by atoms with E-state index in [0.717, 1.165) is 12.1 Å². The smallest absolute Gasteiger partial charge is 0.338 e. The van der Waals surface area contributed by atoms with Crippen LogP contribution in [0.4, 0.5) is 4.39 Å². The first kappa shape index (κ1) is 14.7. The van der Waals surface area contributed by atoms with Gasteiger partial charge in [0.15, 0.2) is 15.7 Å². The molecule has 18 heavy (non-hydrogen) atoms. The third-order valence-corrected chi connectivity index (χ3v) is 3.96. The number of sulfone groups is 1. The summed E-state index contributed by atoms with van der Waals surface area (Å²) in [6.45, 7) is 1.45. The summed E-state index contributed by atoms with van der Waals surface area (Å²) >= 11 is 2.95. The molecule has 0 saturated carbocycles. The average molecular weight is 335 g/mol. The van der Waals surface area contributed by atoms with Gasteiger partial charge in [-0.15, -0.1) is 5.92 Å². The molecule has 0 atom stereocenters. The van der Waals surface area contributed by atoms with Crippen LogP contribution in [0, 0.1) is 17.7 Å². The van der Waals surface area contributed by atoms with Crippen LogP contribution in [0.25, 0.3) is 0 Å². The maximum atomic E-state index is 13.8. The Kier molecular flexibility index (Phi) is 4.48. The molecular weight excluding hydrogens is 327 g/mol. The number of benzene rings is 1. The molecule has 0 heterocycles. The molecule has 0 bridgehead atoms. The Balaban J connectivity index is 3.50. The van der Waals surface area contributed by atoms with Gasteiger partial charge in [-0.2, -0.15) is 0 Å². The van der Waals surface area contributed by atoms with Crippen molar-refractivity contribution in [2.24, 2.45) is 0 Å². The summed E-state index contributed by atoms with van der Waals surface area (Å²) < 4.78 is 37.5. The lowest BCUT2D eigenvalue weighted by Crippen LogP contribution is -2.11. The molecule has 0 unspecified atom stereocenters. The monoisotopic (exact) mass is 334 g/mol. The molecule has 0 aromatic heterocycles. The van der Waals surface area contributed by atoms with E-state index in [1.807, 2.05) is 0 Å². The number of hydrogen-bond donors (Lipinski definition) is 1. The van der Waals surface area contributed by atoms with Gasteiger partial charge in [0, 0.05) is 4.47 Å². The predicted molar refractivity (Wildman–Crippen MR) is 66.6 cm³/mol. The first-order valence-electron chi connectivity index (χ1n) is 4.64. The highest BCUT2D eigenvalue weighted by Crippen LogP contribution is 2.25. The number of rotatable bonds is 3. The molecule has 0 amide bonds. The van der Waals surface area contributed by atoms with Crippen LogP contribution in [0.15, 0.2) is 21.5 Å². The standard InChI is InChI=1S/C11H8BrFO4S/c1-2-3-4-18(16,17)9-6-7(12)5-8(10(9)13)11(14)15/h5-6H,4H2,1H3,(H,14,15). The minimum Gasteiger partial charge on any atom is -0.478 e. The lowest BCUT2D eigenvalue weighted by Gasteiger charge is -2.06. The minimum atomic E-state index is -3.97. The summed E-state index contributed by atoms with van der Waals surface area (Å²) in [6.07, 6.45) is 0. The van der Waals surface area contributed by atoms with Crippen LogP contribution in [-0.2, 0) is 9.84 Å². The summed E-state index contributed by atoms with van der Waals surface area (Å²) in [7, 11) is -3.97. The molecule has 0 aliphatic heterocycles. The molecule has 1 aromatic rings. The Morgan fingerprint density at radius 3 is 2.61 bits per heavy atom. The Labute approximate surface area is 112 Å². The second-order valence-electron chi connectivity index (χ2n) is 3.26. The molecule has 4 nitrogen and oxygen atoms in total. The quantitative estimate of drug-likeness (QED) is 0.859. The van der Waals surface area contributed by atoms with E-state index in [-0.39, 0.29) is 4.47 Å². The first-order chi connectivity index (χ1) is 8.29. The molecule has 0 saturated heterocycles. The molecular formula is C11H8BrFO4S. The van der Waals surface area contributed by atoms with Crippen molar-refractivity contribution < 1.29 is 22.7 Å². The Morgan fingerprint density at radius 1 is 1.50 bits per heavy atom. The number of aromatic carboxylic acids is 1. The molecule has 7 heteroatoms. The van der Waals surface area contributed by atoms with E-state index < -0.39 is 37.8 Å². The van der Waals surface area contributed by atoms with Crippen molar-refractivity contribution in [3.63, 3.8) is 0 Å². The summed E-state index contributed by atoms with van der Waals surface area (Å²) in [4.78, 5) is 10.1. The largest absolute Gasteiger partial charge is 0.478 e. The SMILES string of the molecule is CC#CCS(=O)(=O)c1cc(Br)cc(C(=O)O)c1F. The van der Waals surface area contributed by atoms with Crippen LogP contribution in [0.3, 0.4) is 0 Å². The van der Waals surface area contributed by atoms with Gasteiger partial charge < -0.3 is 5.11 Å². The number of carbonyl (C=O) groups is 1. The highest BCUT2D eigenvalue weighted by Gasteiger charge is 2.24. The number of halogens is 2. The van der Waals surface area contributed by atoms with Crippen LogP contribution in [-0.4, -0.2) is 25.2 Å². The van der Waals surface area contributed by atoms with Crippen molar-refractivity contribution in [2.75, 3.05) is 5.75 Å². The van der Waals surface area contributed by atoms with E-state index in [9.17, 15) is 17.6 Å². The summed E-state index contributed by atoms with van der Waals surface area (Å²) in [5.41, 5.74) is -0.701. The normalized spacial score (nSPS) is 10.6. The maximum Gasteiger partial charge on any atom is 0.338 e. The van der Waals surface area contributed by atoms with Gasteiger partial charge in [-0.05, 0) is 19.1 Å². The molecule has 0 radical (unpaired) electrons. The highest BCUT2D eigenvalue weighted by molar-refractivity contribution is 9.10. The lowest BCUT2D eigenvalue weighted by atomic mass is 10.2. The predicted octanol–water partition coefficient (Wildman–Crippen LogP) is 2.08. The van der Waals surface area contributed by atoms with Gasteiger partial charge >= 0.3 is 5.97 Å². The third-order valence-electron chi connectivity index (χ3n) is 2.01. The fourth-order valence-corrected chi connectivity index (χ4v) is 2.98. The van der Waals surface area contributed by atoms with E-state index in [1.54, 1.807) is 0 Å². The van der Waals surface area contributed by atoms with Crippen LogP contribution in [0.5, 0.6) is 0 Å². The van der Waals surface area contributed by atoms with Gasteiger partial charge in [-0.1, -0.05) is 21.9 Å². The van der Waals surface area contributed by atoms with Crippen molar-refractivity contribution in [3.8, 4) is 11.8 Å². The van der Waals surface area contributed by atoms with Gasteiger partial charge in [-0.25, -0.2) is 17.6 Å². The van der Waals surface area contributed by atoms with Crippen LogP contribution >= 0.6 is 15.9 Å².